The average Bonchev–Trinajstić information content (AvgIpc) is 2.90. The molecule has 0 fully saturated rings. The first kappa shape index (κ1) is 8.28. The van der Waals surface area contributed by atoms with Crippen molar-refractivity contribution in [2.45, 2.75) is 0 Å². The maximum Gasteiger partial charge on any atom is 0.0529 e. The Bertz CT molecular complexity index is 770. The highest BCUT2D eigenvalue weighted by atomic mass is 32.1. The van der Waals surface area contributed by atoms with E-state index in [4.69, 9.17) is 0 Å². The smallest absolute Gasteiger partial charge is 0.0529 e. The van der Waals surface area contributed by atoms with Crippen LogP contribution < -0.4 is 0 Å². The lowest BCUT2D eigenvalue weighted by Gasteiger charge is -1.91. The summed E-state index contributed by atoms with van der Waals surface area (Å²) < 4.78 is 5.73. The van der Waals surface area contributed by atoms with Gasteiger partial charge < -0.3 is 0 Å². The van der Waals surface area contributed by atoms with Crippen molar-refractivity contribution >= 4 is 63.6 Å². The fraction of sp³-hybridized carbons (Fsp3) is 0. The maximum absolute atomic E-state index is 2.27. The normalized spacial score (nSPS) is 12.0. The zero-order valence-electron chi connectivity index (χ0n) is 7.69. The van der Waals surface area contributed by atoms with Crippen molar-refractivity contribution < 1.29 is 0 Å². The molecule has 0 aliphatic rings. The van der Waals surface area contributed by atoms with Crippen molar-refractivity contribution in [2.24, 2.45) is 0 Å². The molecule has 4 aromatic rings. The highest BCUT2D eigenvalue weighted by Gasteiger charge is 2.09. The van der Waals surface area contributed by atoms with Gasteiger partial charge in [0.25, 0.3) is 0 Å². The van der Waals surface area contributed by atoms with Gasteiger partial charge in [0.1, 0.15) is 0 Å². The molecule has 0 radical (unpaired) electrons. The summed E-state index contributed by atoms with van der Waals surface area (Å²) in [5.74, 6) is 0. The van der Waals surface area contributed by atoms with Crippen LogP contribution in [-0.2, 0) is 0 Å². The van der Waals surface area contributed by atoms with Gasteiger partial charge in [0, 0.05) is 24.9 Å². The molecular formula is C12H6S3. The summed E-state index contributed by atoms with van der Waals surface area (Å²) in [4.78, 5) is 0. The van der Waals surface area contributed by atoms with E-state index in [2.05, 4.69) is 35.0 Å². The molecule has 0 nitrogen and oxygen atoms in total. The first-order chi connectivity index (χ1) is 7.43. The van der Waals surface area contributed by atoms with Crippen LogP contribution in [0.2, 0.25) is 0 Å². The van der Waals surface area contributed by atoms with E-state index in [9.17, 15) is 0 Å². The second-order valence-electron chi connectivity index (χ2n) is 3.49. The molecule has 1 aromatic carbocycles. The van der Waals surface area contributed by atoms with Crippen molar-refractivity contribution in [1.29, 1.82) is 0 Å². The summed E-state index contributed by atoms with van der Waals surface area (Å²) in [5.41, 5.74) is 0. The lowest BCUT2D eigenvalue weighted by atomic mass is 10.2. The largest absolute Gasteiger partial charge is 0.144 e. The van der Waals surface area contributed by atoms with E-state index in [1.54, 1.807) is 0 Å². The quantitative estimate of drug-likeness (QED) is 0.393. The molecule has 0 saturated carbocycles. The van der Waals surface area contributed by atoms with Crippen LogP contribution >= 0.6 is 34.0 Å². The summed E-state index contributed by atoms with van der Waals surface area (Å²) >= 11 is 5.59. The van der Waals surface area contributed by atoms with Crippen molar-refractivity contribution in [3.8, 4) is 0 Å². The van der Waals surface area contributed by atoms with Gasteiger partial charge in [-0.15, -0.1) is 34.0 Å². The molecule has 0 bridgehead atoms. The predicted octanol–water partition coefficient (Wildman–Crippen LogP) is 5.33. The van der Waals surface area contributed by atoms with Gasteiger partial charge in [0.15, 0.2) is 0 Å². The molecule has 0 N–H and O–H groups in total. The molecule has 0 aliphatic carbocycles. The van der Waals surface area contributed by atoms with Crippen molar-refractivity contribution in [2.75, 3.05) is 0 Å². The van der Waals surface area contributed by atoms with Crippen LogP contribution in [-0.4, -0.2) is 0 Å². The number of fused-ring (bicyclic) bond motifs is 5. The van der Waals surface area contributed by atoms with E-state index in [0.717, 1.165) is 0 Å². The van der Waals surface area contributed by atoms with E-state index < -0.39 is 0 Å². The molecule has 0 unspecified atom stereocenters. The molecule has 0 atom stereocenters. The van der Waals surface area contributed by atoms with Crippen LogP contribution in [0.25, 0.3) is 29.6 Å². The molecule has 0 aliphatic heterocycles. The summed E-state index contributed by atoms with van der Waals surface area (Å²) in [6, 6.07) is 8.98. The number of hydrogen-bond donors (Lipinski definition) is 0. The van der Waals surface area contributed by atoms with Gasteiger partial charge in [0.05, 0.1) is 4.70 Å². The predicted molar refractivity (Wildman–Crippen MR) is 72.6 cm³/mol. The molecule has 72 valence electrons. The average molecular weight is 246 g/mol. The second-order valence-corrected chi connectivity index (χ2v) is 6.41. The van der Waals surface area contributed by atoms with Gasteiger partial charge in [-0.3, -0.25) is 0 Å². The minimum atomic E-state index is 1.40. The first-order valence-corrected chi connectivity index (χ1v) is 7.27. The van der Waals surface area contributed by atoms with Crippen LogP contribution in [0.3, 0.4) is 0 Å². The van der Waals surface area contributed by atoms with Gasteiger partial charge in [-0.1, -0.05) is 6.07 Å². The minimum Gasteiger partial charge on any atom is -0.144 e. The fourth-order valence-corrected chi connectivity index (χ4v) is 5.22. The van der Waals surface area contributed by atoms with Crippen LogP contribution in [0.4, 0.5) is 0 Å². The van der Waals surface area contributed by atoms with Crippen molar-refractivity contribution in [3.05, 3.63) is 35.0 Å². The fourth-order valence-electron chi connectivity index (χ4n) is 1.99. The molecule has 0 spiro atoms. The maximum atomic E-state index is 2.27. The van der Waals surface area contributed by atoms with Crippen LogP contribution in [0.1, 0.15) is 0 Å². The highest BCUT2D eigenvalue weighted by Crippen LogP contribution is 2.41. The molecule has 0 amide bonds. The Hall–Kier alpha value is -0.900. The van der Waals surface area contributed by atoms with Gasteiger partial charge in [0.2, 0.25) is 0 Å². The summed E-state index contributed by atoms with van der Waals surface area (Å²) in [6.07, 6.45) is 0. The summed E-state index contributed by atoms with van der Waals surface area (Å²) in [6.45, 7) is 0. The Kier molecular flexibility index (Phi) is 1.55. The molecule has 15 heavy (non-hydrogen) atoms. The molecular weight excluding hydrogens is 240 g/mol. The van der Waals surface area contributed by atoms with Crippen molar-refractivity contribution in [3.63, 3.8) is 0 Å². The third-order valence-corrected chi connectivity index (χ3v) is 5.83. The number of rotatable bonds is 0. The van der Waals surface area contributed by atoms with E-state index in [1.807, 2.05) is 34.0 Å². The Morgan fingerprint density at radius 2 is 1.60 bits per heavy atom. The molecule has 3 heteroatoms. The van der Waals surface area contributed by atoms with Crippen LogP contribution in [0, 0.1) is 0 Å². The zero-order valence-corrected chi connectivity index (χ0v) is 10.1. The lowest BCUT2D eigenvalue weighted by molar-refractivity contribution is 2.05. The Morgan fingerprint density at radius 1 is 0.667 bits per heavy atom. The number of benzene rings is 1. The lowest BCUT2D eigenvalue weighted by Crippen LogP contribution is -1.63. The van der Waals surface area contributed by atoms with Gasteiger partial charge >= 0.3 is 0 Å². The topological polar surface area (TPSA) is 0 Å². The summed E-state index contributed by atoms with van der Waals surface area (Å²) in [7, 11) is 0. The highest BCUT2D eigenvalue weighted by molar-refractivity contribution is 7.33. The van der Waals surface area contributed by atoms with Crippen LogP contribution in [0.15, 0.2) is 35.0 Å². The van der Waals surface area contributed by atoms with E-state index >= 15 is 0 Å². The standard InChI is InChI=1S/C12H6S3/c1-2-9-7(3-5-13-9)11-8(1)12-10(15-11)4-6-14-12/h1-6H. The summed E-state index contributed by atoms with van der Waals surface area (Å²) in [5, 5.41) is 7.21. The monoisotopic (exact) mass is 246 g/mol. The number of hydrogen-bond acceptors (Lipinski definition) is 3. The van der Waals surface area contributed by atoms with Crippen molar-refractivity contribution in [1.82, 2.24) is 0 Å². The third kappa shape index (κ3) is 1.00. The van der Waals surface area contributed by atoms with Gasteiger partial charge in [-0.2, -0.15) is 0 Å². The SMILES string of the molecule is c1cc2c(ccc3c4sccc4sc23)s1. The molecule has 0 saturated heterocycles. The second kappa shape index (κ2) is 2.82. The van der Waals surface area contributed by atoms with Crippen LogP contribution in [0.5, 0.6) is 0 Å². The van der Waals surface area contributed by atoms with E-state index in [-0.39, 0.29) is 0 Å². The molecule has 3 heterocycles. The Morgan fingerprint density at radius 3 is 2.60 bits per heavy atom. The van der Waals surface area contributed by atoms with E-state index in [0.29, 0.717) is 0 Å². The minimum absolute atomic E-state index is 1.40. The molecule has 4 rings (SSSR count). The van der Waals surface area contributed by atoms with Gasteiger partial charge in [-0.25, -0.2) is 0 Å². The third-order valence-electron chi connectivity index (χ3n) is 2.67. The zero-order chi connectivity index (χ0) is 9.83. The van der Waals surface area contributed by atoms with Gasteiger partial charge in [-0.05, 0) is 29.0 Å². The Balaban J connectivity index is 2.41. The van der Waals surface area contributed by atoms with E-state index in [1.165, 1.54) is 29.6 Å². The first-order valence-electron chi connectivity index (χ1n) is 4.69. The number of thiophene rings is 3. The Labute approximate surface area is 98.4 Å². The molecule has 3 aromatic heterocycles.